The van der Waals surface area contributed by atoms with E-state index < -0.39 is 17.8 Å². The first kappa shape index (κ1) is 25.9. The molecule has 2 aromatic carbocycles. The zero-order chi connectivity index (χ0) is 24.1. The predicted molar refractivity (Wildman–Crippen MR) is 122 cm³/mol. The molecule has 9 heteroatoms. The van der Waals surface area contributed by atoms with Crippen molar-refractivity contribution < 1.29 is 27.6 Å². The van der Waals surface area contributed by atoms with Gasteiger partial charge in [-0.25, -0.2) is 4.79 Å². The lowest BCUT2D eigenvalue weighted by molar-refractivity contribution is -0.137. The molecule has 0 radical (unpaired) electrons. The highest BCUT2D eigenvalue weighted by Crippen LogP contribution is 2.29. The van der Waals surface area contributed by atoms with Gasteiger partial charge in [0.1, 0.15) is 0 Å². The van der Waals surface area contributed by atoms with Crippen molar-refractivity contribution in [2.75, 3.05) is 10.6 Å². The number of hydrogen-bond donors (Lipinski definition) is 2. The Morgan fingerprint density at radius 1 is 0.939 bits per heavy atom. The van der Waals surface area contributed by atoms with Crippen molar-refractivity contribution in [2.45, 2.75) is 58.0 Å². The molecule has 6 nitrogen and oxygen atoms in total. The maximum Gasteiger partial charge on any atom is 0.437 e. The Labute approximate surface area is 191 Å². The van der Waals surface area contributed by atoms with E-state index in [1.807, 2.05) is 0 Å². The number of oxime groups is 1. The average molecular weight is 464 g/mol. The molecule has 2 aromatic rings. The van der Waals surface area contributed by atoms with E-state index in [1.165, 1.54) is 31.4 Å². The number of nitrogens with zero attached hydrogens (tertiary/aromatic N) is 1. The molecule has 0 aliphatic heterocycles. The third-order valence-corrected chi connectivity index (χ3v) is 4.72. The fraction of sp³-hybridized carbons (Fsp3) is 0.375. The van der Waals surface area contributed by atoms with Crippen LogP contribution in [0, 0.1) is 0 Å². The Bertz CT molecular complexity index is 929. The molecule has 0 heterocycles. The van der Waals surface area contributed by atoms with Crippen molar-refractivity contribution in [1.82, 2.24) is 0 Å². The molecule has 0 unspecified atom stereocenters. The average Bonchev–Trinajstić information content (AvgIpc) is 2.77. The zero-order valence-electron chi connectivity index (χ0n) is 18.5. The highest BCUT2D eigenvalue weighted by molar-refractivity contribution is 5.91. The summed E-state index contributed by atoms with van der Waals surface area (Å²) in [5.41, 5.74) is 0.324. The minimum absolute atomic E-state index is 0.0606. The van der Waals surface area contributed by atoms with Gasteiger partial charge in [-0.1, -0.05) is 56.3 Å². The van der Waals surface area contributed by atoms with E-state index >= 15 is 0 Å². The molecule has 0 aliphatic carbocycles. The Balaban J connectivity index is 1.74. The van der Waals surface area contributed by atoms with Crippen LogP contribution in [0.3, 0.4) is 0 Å². The van der Waals surface area contributed by atoms with Gasteiger partial charge in [-0.05, 0) is 48.4 Å². The van der Waals surface area contributed by atoms with E-state index in [9.17, 15) is 22.8 Å². The lowest BCUT2D eigenvalue weighted by Crippen LogP contribution is -2.12. The van der Waals surface area contributed by atoms with Gasteiger partial charge < -0.3 is 5.32 Å². The minimum Gasteiger partial charge on any atom is -0.326 e. The molecular formula is C24H28F3N3O3. The summed E-state index contributed by atoms with van der Waals surface area (Å²) in [6.07, 6.45) is 2.74. The summed E-state index contributed by atoms with van der Waals surface area (Å²) in [6, 6.07) is 10.9. The molecule has 0 fully saturated rings. The first-order chi connectivity index (χ1) is 15.8. The molecule has 0 saturated heterocycles. The molecule has 0 aliphatic rings. The second-order valence-electron chi connectivity index (χ2n) is 7.50. The lowest BCUT2D eigenvalue weighted by atomic mass is 10.1. The van der Waals surface area contributed by atoms with Gasteiger partial charge in [0, 0.05) is 17.8 Å². The highest BCUT2D eigenvalue weighted by Gasteiger charge is 2.30. The van der Waals surface area contributed by atoms with Gasteiger partial charge in [-0.2, -0.15) is 13.2 Å². The molecular weight excluding hydrogens is 435 g/mol. The van der Waals surface area contributed by atoms with Crippen LogP contribution in [0.5, 0.6) is 0 Å². The maximum atomic E-state index is 12.7. The number of carbonyl (C=O) groups is 2. The maximum absolute atomic E-state index is 12.7. The molecule has 33 heavy (non-hydrogen) atoms. The third kappa shape index (κ3) is 10.2. The fourth-order valence-corrected chi connectivity index (χ4v) is 3.00. The topological polar surface area (TPSA) is 79.8 Å². The van der Waals surface area contributed by atoms with Crippen molar-refractivity contribution in [3.63, 3.8) is 0 Å². The SMILES string of the molecule is CCCCCCCCC(=O)Nc1ccc(NC(=O)O/N=C/c2cccc(C(F)(F)F)c2)cc1. The van der Waals surface area contributed by atoms with Crippen LogP contribution >= 0.6 is 0 Å². The van der Waals surface area contributed by atoms with Gasteiger partial charge in [0.05, 0.1) is 11.8 Å². The van der Waals surface area contributed by atoms with Crippen LogP contribution in [0.4, 0.5) is 29.3 Å². The van der Waals surface area contributed by atoms with Gasteiger partial charge in [0.2, 0.25) is 5.91 Å². The molecule has 0 atom stereocenters. The summed E-state index contributed by atoms with van der Waals surface area (Å²) in [6.45, 7) is 2.16. The summed E-state index contributed by atoms with van der Waals surface area (Å²) in [5, 5.41) is 8.65. The smallest absolute Gasteiger partial charge is 0.326 e. The molecule has 2 rings (SSSR count). The normalized spacial score (nSPS) is 11.4. The summed E-state index contributed by atoms with van der Waals surface area (Å²) >= 11 is 0. The number of benzene rings is 2. The monoisotopic (exact) mass is 463 g/mol. The minimum atomic E-state index is -4.47. The molecule has 0 spiro atoms. The van der Waals surface area contributed by atoms with Crippen LogP contribution in [0.15, 0.2) is 53.7 Å². The number of rotatable bonds is 11. The molecule has 0 aromatic heterocycles. The standard InChI is InChI=1S/C24H28F3N3O3/c1-2-3-4-5-6-7-11-22(31)29-20-12-14-21(15-13-20)30-23(32)33-28-17-18-9-8-10-19(16-18)24(25,26)27/h8-10,12-17H,2-7,11H2,1H3,(H,29,31)(H,30,32)/b28-17+. The summed E-state index contributed by atoms with van der Waals surface area (Å²) in [7, 11) is 0. The van der Waals surface area contributed by atoms with Crippen molar-refractivity contribution >= 4 is 29.6 Å². The Kier molecular flexibility index (Phi) is 10.4. The van der Waals surface area contributed by atoms with Crippen molar-refractivity contribution in [2.24, 2.45) is 5.16 Å². The summed E-state index contributed by atoms with van der Waals surface area (Å²) in [4.78, 5) is 28.4. The van der Waals surface area contributed by atoms with Crippen LogP contribution in [0.2, 0.25) is 0 Å². The van der Waals surface area contributed by atoms with Gasteiger partial charge >= 0.3 is 12.3 Å². The van der Waals surface area contributed by atoms with E-state index in [2.05, 4.69) is 27.6 Å². The van der Waals surface area contributed by atoms with Gasteiger partial charge in [-0.3, -0.25) is 14.9 Å². The van der Waals surface area contributed by atoms with Crippen molar-refractivity contribution in [3.05, 3.63) is 59.7 Å². The number of hydrogen-bond acceptors (Lipinski definition) is 4. The summed E-state index contributed by atoms with van der Waals surface area (Å²) < 4.78 is 38.1. The predicted octanol–water partition coefficient (Wildman–Crippen LogP) is 6.98. The van der Waals surface area contributed by atoms with E-state index in [1.54, 1.807) is 24.3 Å². The van der Waals surface area contributed by atoms with Gasteiger partial charge in [-0.15, -0.1) is 0 Å². The van der Waals surface area contributed by atoms with Gasteiger partial charge in [0.25, 0.3) is 0 Å². The molecule has 2 N–H and O–H groups in total. The number of unbranched alkanes of at least 4 members (excludes halogenated alkanes) is 5. The zero-order valence-corrected chi connectivity index (χ0v) is 18.5. The number of halogens is 3. The molecule has 0 bridgehead atoms. The van der Waals surface area contributed by atoms with Crippen LogP contribution in [-0.4, -0.2) is 18.2 Å². The van der Waals surface area contributed by atoms with E-state index in [-0.39, 0.29) is 11.5 Å². The van der Waals surface area contributed by atoms with Gasteiger partial charge in [0.15, 0.2) is 0 Å². The summed E-state index contributed by atoms with van der Waals surface area (Å²) in [5.74, 6) is -0.0606. The van der Waals surface area contributed by atoms with Crippen LogP contribution in [0.1, 0.15) is 63.0 Å². The molecule has 178 valence electrons. The number of nitrogens with one attached hydrogen (secondary N) is 2. The Morgan fingerprint density at radius 3 is 2.24 bits per heavy atom. The highest BCUT2D eigenvalue weighted by atomic mass is 19.4. The lowest BCUT2D eigenvalue weighted by Gasteiger charge is -2.07. The second kappa shape index (κ2) is 13.2. The Hall–Kier alpha value is -3.36. The van der Waals surface area contributed by atoms with E-state index in [0.29, 0.717) is 17.8 Å². The number of carbonyl (C=O) groups excluding carboxylic acids is 2. The quantitative estimate of drug-likeness (QED) is 0.163. The first-order valence-electron chi connectivity index (χ1n) is 10.9. The van der Waals surface area contributed by atoms with Crippen molar-refractivity contribution in [3.8, 4) is 0 Å². The fourth-order valence-electron chi connectivity index (χ4n) is 3.00. The van der Waals surface area contributed by atoms with E-state index in [0.717, 1.165) is 37.6 Å². The molecule has 2 amide bonds. The Morgan fingerprint density at radius 2 is 1.58 bits per heavy atom. The number of anilines is 2. The molecule has 0 saturated carbocycles. The number of alkyl halides is 3. The van der Waals surface area contributed by atoms with Crippen LogP contribution in [0.25, 0.3) is 0 Å². The first-order valence-corrected chi connectivity index (χ1v) is 10.9. The largest absolute Gasteiger partial charge is 0.437 e. The van der Waals surface area contributed by atoms with Crippen LogP contribution in [-0.2, 0) is 15.8 Å². The van der Waals surface area contributed by atoms with Crippen LogP contribution < -0.4 is 10.6 Å². The third-order valence-electron chi connectivity index (χ3n) is 4.72. The van der Waals surface area contributed by atoms with Crippen molar-refractivity contribution in [1.29, 1.82) is 0 Å². The second-order valence-corrected chi connectivity index (χ2v) is 7.50. The van der Waals surface area contributed by atoms with E-state index in [4.69, 9.17) is 0 Å². The number of amides is 2.